The zero-order chi connectivity index (χ0) is 24.6. The third kappa shape index (κ3) is 5.80. The van der Waals surface area contributed by atoms with E-state index in [9.17, 15) is 10.1 Å². The fourth-order valence-corrected chi connectivity index (χ4v) is 4.92. The number of nitrogens with one attached hydrogen (secondary N) is 1. The van der Waals surface area contributed by atoms with Gasteiger partial charge in [-0.2, -0.15) is 5.26 Å². The quantitative estimate of drug-likeness (QED) is 0.285. The van der Waals surface area contributed by atoms with E-state index in [2.05, 4.69) is 16.4 Å². The average Bonchev–Trinajstić information content (AvgIpc) is 3.41. The Labute approximate surface area is 211 Å². The second kappa shape index (κ2) is 11.5. The van der Waals surface area contributed by atoms with Gasteiger partial charge in [0.25, 0.3) is 0 Å². The summed E-state index contributed by atoms with van der Waals surface area (Å²) in [6.45, 7) is 0. The lowest BCUT2D eigenvalue weighted by Crippen LogP contribution is -2.12. The van der Waals surface area contributed by atoms with Crippen LogP contribution in [0.25, 0.3) is 22.4 Å². The second-order valence-electron chi connectivity index (χ2n) is 7.26. The van der Waals surface area contributed by atoms with Gasteiger partial charge in [-0.15, -0.1) is 23.1 Å². The molecule has 0 atom stereocenters. The predicted molar refractivity (Wildman–Crippen MR) is 139 cm³/mol. The Morgan fingerprint density at radius 1 is 1.11 bits per heavy atom. The molecular weight excluding hydrogens is 480 g/mol. The summed E-state index contributed by atoms with van der Waals surface area (Å²) in [6, 6.07) is 19.4. The van der Waals surface area contributed by atoms with Crippen LogP contribution >= 0.6 is 23.1 Å². The number of aromatic nitrogens is 2. The number of nitrogens with zero attached hydrogens (tertiary/aromatic N) is 3. The lowest BCUT2D eigenvalue weighted by Gasteiger charge is -2.15. The number of ether oxygens (including phenoxy) is 2. The van der Waals surface area contributed by atoms with Gasteiger partial charge in [-0.1, -0.05) is 30.3 Å². The molecule has 0 spiro atoms. The smallest absolute Gasteiger partial charge is 0.226 e. The van der Waals surface area contributed by atoms with E-state index in [-0.39, 0.29) is 12.3 Å². The van der Waals surface area contributed by atoms with Gasteiger partial charge in [-0.05, 0) is 24.3 Å². The van der Waals surface area contributed by atoms with Crippen molar-refractivity contribution in [2.45, 2.75) is 11.4 Å². The minimum Gasteiger partial charge on any atom is -0.497 e. The van der Waals surface area contributed by atoms with Crippen LogP contribution in [0.5, 0.6) is 11.5 Å². The van der Waals surface area contributed by atoms with Crippen molar-refractivity contribution in [3.8, 4) is 40.0 Å². The van der Waals surface area contributed by atoms with Crippen molar-refractivity contribution in [1.29, 1.82) is 5.26 Å². The molecule has 0 saturated heterocycles. The number of carbonyl (C=O) groups excluding carboxylic acids is 1. The van der Waals surface area contributed by atoms with Gasteiger partial charge in [-0.25, -0.2) is 9.97 Å². The molecule has 7 nitrogen and oxygen atoms in total. The van der Waals surface area contributed by atoms with Gasteiger partial charge >= 0.3 is 0 Å². The number of thioether (sulfide) groups is 1. The van der Waals surface area contributed by atoms with E-state index in [0.29, 0.717) is 38.5 Å². The molecule has 2 aromatic heterocycles. The van der Waals surface area contributed by atoms with E-state index in [1.54, 1.807) is 25.8 Å². The summed E-state index contributed by atoms with van der Waals surface area (Å²) in [5.41, 5.74) is 3.47. The number of hydrogen-bond acceptors (Lipinski definition) is 8. The molecule has 0 radical (unpaired) electrons. The molecular formula is C26H22N4O3S2. The Morgan fingerprint density at radius 3 is 2.63 bits per heavy atom. The summed E-state index contributed by atoms with van der Waals surface area (Å²) in [5.74, 6) is 1.58. The Kier molecular flexibility index (Phi) is 7.98. The van der Waals surface area contributed by atoms with Crippen LogP contribution in [0.4, 0.5) is 5.13 Å². The van der Waals surface area contributed by atoms with Crippen molar-refractivity contribution in [2.75, 3.05) is 25.3 Å². The molecule has 1 amide bonds. The summed E-state index contributed by atoms with van der Waals surface area (Å²) in [6.07, 6.45) is 1.89. The van der Waals surface area contributed by atoms with Gasteiger partial charge < -0.3 is 14.8 Å². The normalized spacial score (nSPS) is 10.4. The van der Waals surface area contributed by atoms with E-state index in [0.717, 1.165) is 16.8 Å². The first-order valence-electron chi connectivity index (χ1n) is 10.7. The summed E-state index contributed by atoms with van der Waals surface area (Å²) >= 11 is 2.74. The average molecular weight is 503 g/mol. The Morgan fingerprint density at radius 2 is 1.94 bits per heavy atom. The van der Waals surface area contributed by atoms with Crippen LogP contribution in [0.15, 0.2) is 71.2 Å². The molecule has 35 heavy (non-hydrogen) atoms. The molecule has 2 heterocycles. The van der Waals surface area contributed by atoms with Gasteiger partial charge in [0.2, 0.25) is 5.91 Å². The lowest BCUT2D eigenvalue weighted by molar-refractivity contribution is -0.115. The van der Waals surface area contributed by atoms with E-state index in [1.807, 2.05) is 54.6 Å². The minimum absolute atomic E-state index is 0.139. The molecule has 176 valence electrons. The molecule has 2 aromatic carbocycles. The first-order chi connectivity index (χ1) is 17.1. The maximum Gasteiger partial charge on any atom is 0.226 e. The third-order valence-corrected chi connectivity index (χ3v) is 6.78. The van der Waals surface area contributed by atoms with E-state index in [1.165, 1.54) is 23.1 Å². The fourth-order valence-electron chi connectivity index (χ4n) is 3.44. The van der Waals surface area contributed by atoms with Gasteiger partial charge in [0.15, 0.2) is 5.13 Å². The summed E-state index contributed by atoms with van der Waals surface area (Å²) < 4.78 is 11.0. The fraction of sp³-hybridized carbons (Fsp3) is 0.154. The highest BCUT2D eigenvalue weighted by atomic mass is 32.2. The van der Waals surface area contributed by atoms with Crippen LogP contribution in [-0.4, -0.2) is 35.8 Å². The topological polar surface area (TPSA) is 97.1 Å². The zero-order valence-electron chi connectivity index (χ0n) is 19.1. The zero-order valence-corrected chi connectivity index (χ0v) is 20.8. The molecule has 1 N–H and O–H groups in total. The van der Waals surface area contributed by atoms with Crippen LogP contribution in [0.1, 0.15) is 12.0 Å². The van der Waals surface area contributed by atoms with Gasteiger partial charge in [0, 0.05) is 40.4 Å². The molecule has 0 aliphatic heterocycles. The SMILES string of the molecule is COc1ccc(OC)c(-c2cc(-c3ccccc3)nc(SCCC(=O)Nc3nccs3)c2C#N)c1. The maximum absolute atomic E-state index is 12.3. The molecule has 9 heteroatoms. The number of nitriles is 1. The molecule has 0 unspecified atom stereocenters. The summed E-state index contributed by atoms with van der Waals surface area (Å²) in [5, 5.41) is 15.8. The lowest BCUT2D eigenvalue weighted by atomic mass is 9.98. The van der Waals surface area contributed by atoms with E-state index < -0.39 is 0 Å². The van der Waals surface area contributed by atoms with E-state index >= 15 is 0 Å². The number of thiazole rings is 1. The van der Waals surface area contributed by atoms with Crippen molar-refractivity contribution < 1.29 is 14.3 Å². The van der Waals surface area contributed by atoms with Crippen LogP contribution in [0.3, 0.4) is 0 Å². The third-order valence-electron chi connectivity index (χ3n) is 5.11. The first kappa shape index (κ1) is 24.3. The summed E-state index contributed by atoms with van der Waals surface area (Å²) in [4.78, 5) is 21.2. The number of methoxy groups -OCH3 is 2. The second-order valence-corrected chi connectivity index (χ2v) is 9.24. The molecule has 0 saturated carbocycles. The number of benzene rings is 2. The van der Waals surface area contributed by atoms with Gasteiger partial charge in [-0.3, -0.25) is 4.79 Å². The van der Waals surface area contributed by atoms with Crippen molar-refractivity contribution >= 4 is 34.1 Å². The van der Waals surface area contributed by atoms with Gasteiger partial charge in [0.1, 0.15) is 22.6 Å². The van der Waals surface area contributed by atoms with Crippen LogP contribution < -0.4 is 14.8 Å². The minimum atomic E-state index is -0.139. The Bertz CT molecular complexity index is 1350. The maximum atomic E-state index is 12.3. The van der Waals surface area contributed by atoms with Crippen LogP contribution in [0.2, 0.25) is 0 Å². The molecule has 0 aliphatic carbocycles. The monoisotopic (exact) mass is 502 g/mol. The number of amides is 1. The highest BCUT2D eigenvalue weighted by Crippen LogP contribution is 2.40. The number of pyridine rings is 1. The van der Waals surface area contributed by atoms with Crippen molar-refractivity contribution in [3.05, 3.63) is 71.7 Å². The van der Waals surface area contributed by atoms with Crippen molar-refractivity contribution in [1.82, 2.24) is 9.97 Å². The molecule has 0 aliphatic rings. The molecule has 4 rings (SSSR count). The van der Waals surface area contributed by atoms with E-state index in [4.69, 9.17) is 14.5 Å². The Hall–Kier alpha value is -3.87. The Balaban J connectivity index is 1.72. The number of rotatable bonds is 9. The van der Waals surface area contributed by atoms with Crippen molar-refractivity contribution in [3.63, 3.8) is 0 Å². The number of hydrogen-bond donors (Lipinski definition) is 1. The van der Waals surface area contributed by atoms with Gasteiger partial charge in [0.05, 0.1) is 25.5 Å². The highest BCUT2D eigenvalue weighted by molar-refractivity contribution is 7.99. The summed E-state index contributed by atoms with van der Waals surface area (Å²) in [7, 11) is 3.18. The van der Waals surface area contributed by atoms with Crippen LogP contribution in [0, 0.1) is 11.3 Å². The predicted octanol–water partition coefficient (Wildman–Crippen LogP) is 5.88. The number of carbonyl (C=O) groups is 1. The number of anilines is 1. The standard InChI is InChI=1S/C26H22N4O3S2/c1-32-18-8-9-23(33-2)20(14-18)19-15-22(17-6-4-3-5-7-17)29-25(21(19)16-27)34-12-10-24(31)30-26-28-11-13-35-26/h3-9,11,13-15H,10,12H2,1-2H3,(H,28,30,31). The molecule has 4 aromatic rings. The molecule has 0 fully saturated rings. The highest BCUT2D eigenvalue weighted by Gasteiger charge is 2.19. The molecule has 0 bridgehead atoms. The largest absolute Gasteiger partial charge is 0.497 e. The first-order valence-corrected chi connectivity index (χ1v) is 12.5. The van der Waals surface area contributed by atoms with Crippen LogP contribution in [-0.2, 0) is 4.79 Å². The van der Waals surface area contributed by atoms with Crippen molar-refractivity contribution in [2.24, 2.45) is 0 Å².